The van der Waals surface area contributed by atoms with E-state index in [4.69, 9.17) is 28.9 Å². The zero-order valence-corrected chi connectivity index (χ0v) is 16.5. The van der Waals surface area contributed by atoms with Crippen molar-refractivity contribution in [1.29, 1.82) is 0 Å². The van der Waals surface area contributed by atoms with Crippen molar-refractivity contribution in [2.75, 3.05) is 13.6 Å². The van der Waals surface area contributed by atoms with Crippen molar-refractivity contribution in [3.05, 3.63) is 45.2 Å². The van der Waals surface area contributed by atoms with Crippen molar-refractivity contribution in [3.8, 4) is 5.69 Å². The molecule has 1 aliphatic rings. The van der Waals surface area contributed by atoms with Gasteiger partial charge >= 0.3 is 0 Å². The Kier molecular flexibility index (Phi) is 6.38. The second-order valence-electron chi connectivity index (χ2n) is 6.14. The quantitative estimate of drug-likeness (QED) is 0.849. The van der Waals surface area contributed by atoms with Crippen LogP contribution in [0.3, 0.4) is 0 Å². The van der Waals surface area contributed by atoms with Gasteiger partial charge < -0.3 is 10.6 Å². The van der Waals surface area contributed by atoms with Gasteiger partial charge in [0.25, 0.3) is 5.91 Å². The van der Waals surface area contributed by atoms with Crippen LogP contribution in [0, 0.1) is 0 Å². The van der Waals surface area contributed by atoms with Gasteiger partial charge in [-0.15, -0.1) is 12.4 Å². The molecule has 0 saturated heterocycles. The van der Waals surface area contributed by atoms with Crippen LogP contribution in [0.15, 0.2) is 18.2 Å². The van der Waals surface area contributed by atoms with Crippen molar-refractivity contribution >= 4 is 41.5 Å². The molecule has 1 aliphatic carbocycles. The maximum absolute atomic E-state index is 12.8. The Labute approximate surface area is 163 Å². The number of aromatic nitrogens is 2. The number of hydrogen-bond donors (Lipinski definition) is 1. The van der Waals surface area contributed by atoms with Gasteiger partial charge in [-0.3, -0.25) is 4.79 Å². The van der Waals surface area contributed by atoms with Crippen molar-refractivity contribution in [2.45, 2.75) is 32.2 Å². The molecule has 1 aromatic heterocycles. The molecule has 1 unspecified atom stereocenters. The average molecular weight is 404 g/mol. The molecule has 0 bridgehead atoms. The lowest BCUT2D eigenvalue weighted by Crippen LogP contribution is -2.40. The summed E-state index contributed by atoms with van der Waals surface area (Å²) in [7, 11) is 1.76. The van der Waals surface area contributed by atoms with Crippen LogP contribution in [0.2, 0.25) is 10.0 Å². The third-order valence-electron chi connectivity index (χ3n) is 4.59. The molecule has 1 heterocycles. The number of carbonyl (C=O) groups is 1. The smallest absolute Gasteiger partial charge is 0.274 e. The molecule has 0 radical (unpaired) electrons. The van der Waals surface area contributed by atoms with E-state index in [9.17, 15) is 4.79 Å². The van der Waals surface area contributed by atoms with Crippen molar-refractivity contribution < 1.29 is 4.79 Å². The van der Waals surface area contributed by atoms with Crippen LogP contribution < -0.4 is 5.73 Å². The van der Waals surface area contributed by atoms with Crippen LogP contribution in [0.4, 0.5) is 0 Å². The van der Waals surface area contributed by atoms with E-state index in [1.807, 2.05) is 13.0 Å². The largest absolute Gasteiger partial charge is 0.336 e. The standard InChI is InChI=1S/C17H20Cl2N4O.ClH/c1-10(9-20)22(2)17(24)16-12-4-3-5-14(12)23(21-16)15-7-6-11(18)8-13(15)19;/h6-8,10H,3-5,9,20H2,1-2H3;1H. The third kappa shape index (κ3) is 3.65. The molecule has 2 aromatic rings. The Balaban J connectivity index is 0.00000225. The molecule has 136 valence electrons. The van der Waals surface area contributed by atoms with E-state index in [1.165, 1.54) is 0 Å². The molecule has 1 aromatic carbocycles. The summed E-state index contributed by atoms with van der Waals surface area (Å²) in [5.41, 5.74) is 8.99. The van der Waals surface area contributed by atoms with Crippen molar-refractivity contribution in [1.82, 2.24) is 14.7 Å². The summed E-state index contributed by atoms with van der Waals surface area (Å²) < 4.78 is 1.79. The lowest BCUT2D eigenvalue weighted by Gasteiger charge is -2.23. The zero-order chi connectivity index (χ0) is 17.4. The van der Waals surface area contributed by atoms with Crippen LogP contribution in [-0.4, -0.2) is 40.2 Å². The van der Waals surface area contributed by atoms with Crippen molar-refractivity contribution in [3.63, 3.8) is 0 Å². The van der Waals surface area contributed by atoms with Gasteiger partial charge in [-0.05, 0) is 44.4 Å². The van der Waals surface area contributed by atoms with Gasteiger partial charge in [-0.2, -0.15) is 5.10 Å². The first kappa shape index (κ1) is 20.0. The van der Waals surface area contributed by atoms with Crippen LogP contribution >= 0.6 is 35.6 Å². The van der Waals surface area contributed by atoms with Gasteiger partial charge in [0.2, 0.25) is 0 Å². The number of benzene rings is 1. The minimum atomic E-state index is -0.102. The maximum Gasteiger partial charge on any atom is 0.274 e. The second-order valence-corrected chi connectivity index (χ2v) is 6.98. The highest BCUT2D eigenvalue weighted by molar-refractivity contribution is 6.35. The van der Waals surface area contributed by atoms with Crippen LogP contribution in [0.5, 0.6) is 0 Å². The van der Waals surface area contributed by atoms with E-state index in [1.54, 1.807) is 28.8 Å². The molecule has 1 atom stereocenters. The van der Waals surface area contributed by atoms with Gasteiger partial charge in [0.15, 0.2) is 5.69 Å². The molecule has 8 heteroatoms. The number of carbonyl (C=O) groups excluding carboxylic acids is 1. The minimum Gasteiger partial charge on any atom is -0.336 e. The van der Waals surface area contributed by atoms with E-state index in [2.05, 4.69) is 5.10 Å². The fraction of sp³-hybridized carbons (Fsp3) is 0.412. The van der Waals surface area contributed by atoms with E-state index in [0.29, 0.717) is 22.3 Å². The Hall–Kier alpha value is -1.27. The van der Waals surface area contributed by atoms with Gasteiger partial charge in [0, 0.05) is 35.9 Å². The molecule has 1 amide bonds. The summed E-state index contributed by atoms with van der Waals surface area (Å²) >= 11 is 12.3. The molecule has 5 nitrogen and oxygen atoms in total. The number of halogens is 3. The predicted molar refractivity (Wildman–Crippen MR) is 103 cm³/mol. The summed E-state index contributed by atoms with van der Waals surface area (Å²) in [6.07, 6.45) is 2.74. The van der Waals surface area contributed by atoms with E-state index in [0.717, 1.165) is 36.2 Å². The molecule has 0 spiro atoms. The molecule has 0 aliphatic heterocycles. The fourth-order valence-electron chi connectivity index (χ4n) is 2.99. The van der Waals surface area contributed by atoms with Crippen LogP contribution in [0.1, 0.15) is 35.1 Å². The van der Waals surface area contributed by atoms with Gasteiger partial charge in [0.05, 0.1) is 10.7 Å². The number of amides is 1. The summed E-state index contributed by atoms with van der Waals surface area (Å²) in [5, 5.41) is 5.67. The lowest BCUT2D eigenvalue weighted by molar-refractivity contribution is 0.0741. The highest BCUT2D eigenvalue weighted by Crippen LogP contribution is 2.32. The van der Waals surface area contributed by atoms with Gasteiger partial charge in [-0.1, -0.05) is 23.2 Å². The molecule has 0 saturated carbocycles. The summed E-state index contributed by atoms with van der Waals surface area (Å²) in [6.45, 7) is 2.33. The van der Waals surface area contributed by atoms with E-state index >= 15 is 0 Å². The molecular weight excluding hydrogens is 383 g/mol. The highest BCUT2D eigenvalue weighted by atomic mass is 35.5. The summed E-state index contributed by atoms with van der Waals surface area (Å²) in [6, 6.07) is 5.25. The van der Waals surface area contributed by atoms with Gasteiger partial charge in [-0.25, -0.2) is 4.68 Å². The number of nitrogens with zero attached hydrogens (tertiary/aromatic N) is 3. The zero-order valence-electron chi connectivity index (χ0n) is 14.1. The molecule has 25 heavy (non-hydrogen) atoms. The Morgan fingerprint density at radius 2 is 2.12 bits per heavy atom. The SMILES string of the molecule is CC(CN)N(C)C(=O)c1nn(-c2ccc(Cl)cc2Cl)c2c1CCC2.Cl. The van der Waals surface area contributed by atoms with Crippen LogP contribution in [0.25, 0.3) is 5.69 Å². The normalized spacial score (nSPS) is 14.0. The fourth-order valence-corrected chi connectivity index (χ4v) is 3.48. The van der Waals surface area contributed by atoms with Crippen LogP contribution in [-0.2, 0) is 12.8 Å². The lowest BCUT2D eigenvalue weighted by atomic mass is 10.1. The third-order valence-corrected chi connectivity index (χ3v) is 5.13. The highest BCUT2D eigenvalue weighted by Gasteiger charge is 2.30. The number of fused-ring (bicyclic) bond motifs is 1. The number of rotatable bonds is 4. The number of nitrogens with two attached hydrogens (primary N) is 1. The summed E-state index contributed by atoms with van der Waals surface area (Å²) in [5.74, 6) is -0.102. The van der Waals surface area contributed by atoms with E-state index < -0.39 is 0 Å². The Morgan fingerprint density at radius 3 is 2.76 bits per heavy atom. The Morgan fingerprint density at radius 1 is 1.40 bits per heavy atom. The Bertz CT molecular complexity index is 790. The predicted octanol–water partition coefficient (Wildman–Crippen LogP) is 3.51. The number of likely N-dealkylation sites (N-methyl/N-ethyl adjacent to an activating group) is 1. The first-order valence-corrected chi connectivity index (χ1v) is 8.73. The minimum absolute atomic E-state index is 0. The van der Waals surface area contributed by atoms with E-state index in [-0.39, 0.29) is 24.4 Å². The monoisotopic (exact) mass is 402 g/mol. The first-order chi connectivity index (χ1) is 11.4. The first-order valence-electron chi connectivity index (χ1n) is 7.97. The maximum atomic E-state index is 12.8. The molecule has 2 N–H and O–H groups in total. The molecule has 3 rings (SSSR count). The topological polar surface area (TPSA) is 64.2 Å². The molecular formula is C17H21Cl3N4O. The number of hydrogen-bond acceptors (Lipinski definition) is 3. The second kappa shape index (κ2) is 7.96. The van der Waals surface area contributed by atoms with Crippen molar-refractivity contribution in [2.24, 2.45) is 5.73 Å². The average Bonchev–Trinajstić information content (AvgIpc) is 3.15. The molecule has 0 fully saturated rings. The summed E-state index contributed by atoms with van der Waals surface area (Å²) in [4.78, 5) is 14.5. The van der Waals surface area contributed by atoms with Gasteiger partial charge in [0.1, 0.15) is 0 Å².